The third-order valence-corrected chi connectivity index (χ3v) is 2.45. The van der Waals surface area contributed by atoms with Crippen molar-refractivity contribution in [2.45, 2.75) is 6.92 Å². The van der Waals surface area contributed by atoms with E-state index in [0.29, 0.717) is 13.1 Å². The van der Waals surface area contributed by atoms with Crippen molar-refractivity contribution in [2.75, 3.05) is 32.7 Å². The van der Waals surface area contributed by atoms with Crippen LogP contribution in [0.2, 0.25) is 0 Å². The molecule has 0 aromatic heterocycles. The Labute approximate surface area is 89.5 Å². The third-order valence-electron chi connectivity index (χ3n) is 2.45. The molecule has 2 amide bonds. The molecular formula is C10H17N3O2. The second kappa shape index (κ2) is 5.50. The summed E-state index contributed by atoms with van der Waals surface area (Å²) in [4.78, 5) is 25.8. The molecule has 15 heavy (non-hydrogen) atoms. The molecule has 1 fully saturated rings. The van der Waals surface area contributed by atoms with Crippen LogP contribution in [0.15, 0.2) is 12.2 Å². The second-order valence-electron chi connectivity index (χ2n) is 3.51. The van der Waals surface area contributed by atoms with Gasteiger partial charge in [0.1, 0.15) is 0 Å². The van der Waals surface area contributed by atoms with E-state index in [2.05, 4.69) is 4.90 Å². The van der Waals surface area contributed by atoms with Crippen molar-refractivity contribution < 1.29 is 9.59 Å². The SMILES string of the molecule is CCN1CCN(C/C=C/C(N)=O)C(=O)C1. The van der Waals surface area contributed by atoms with Gasteiger partial charge in [0.15, 0.2) is 0 Å². The van der Waals surface area contributed by atoms with Gasteiger partial charge in [-0.15, -0.1) is 0 Å². The van der Waals surface area contributed by atoms with E-state index >= 15 is 0 Å². The molecule has 0 bridgehead atoms. The molecule has 0 unspecified atom stereocenters. The highest BCUT2D eigenvalue weighted by Crippen LogP contribution is 2.02. The predicted octanol–water partition coefficient (Wildman–Crippen LogP) is -0.808. The maximum Gasteiger partial charge on any atom is 0.241 e. The van der Waals surface area contributed by atoms with Gasteiger partial charge in [-0.1, -0.05) is 13.0 Å². The van der Waals surface area contributed by atoms with Crippen LogP contribution < -0.4 is 5.73 Å². The average Bonchev–Trinajstić information content (AvgIpc) is 2.20. The molecule has 1 aliphatic rings. The number of hydrogen-bond donors (Lipinski definition) is 1. The van der Waals surface area contributed by atoms with E-state index in [1.54, 1.807) is 11.0 Å². The van der Waals surface area contributed by atoms with E-state index in [1.165, 1.54) is 6.08 Å². The van der Waals surface area contributed by atoms with Crippen LogP contribution in [0, 0.1) is 0 Å². The zero-order valence-electron chi connectivity index (χ0n) is 8.98. The Morgan fingerprint density at radius 1 is 1.53 bits per heavy atom. The van der Waals surface area contributed by atoms with Crippen LogP contribution in [0.25, 0.3) is 0 Å². The van der Waals surface area contributed by atoms with Gasteiger partial charge in [-0.3, -0.25) is 14.5 Å². The number of primary amides is 1. The Bertz CT molecular complexity index is 276. The smallest absolute Gasteiger partial charge is 0.241 e. The summed E-state index contributed by atoms with van der Waals surface area (Å²) in [7, 11) is 0. The normalized spacial score (nSPS) is 18.7. The lowest BCUT2D eigenvalue weighted by atomic mass is 10.3. The lowest BCUT2D eigenvalue weighted by Gasteiger charge is -2.32. The minimum atomic E-state index is -0.477. The minimum absolute atomic E-state index is 0.109. The van der Waals surface area contributed by atoms with Gasteiger partial charge in [0, 0.05) is 25.7 Å². The maximum atomic E-state index is 11.6. The Balaban J connectivity index is 2.38. The zero-order valence-corrected chi connectivity index (χ0v) is 8.98. The summed E-state index contributed by atoms with van der Waals surface area (Å²) < 4.78 is 0. The molecule has 0 aromatic rings. The zero-order chi connectivity index (χ0) is 11.3. The summed E-state index contributed by atoms with van der Waals surface area (Å²) in [5, 5.41) is 0. The van der Waals surface area contributed by atoms with E-state index in [0.717, 1.165) is 19.6 Å². The highest BCUT2D eigenvalue weighted by Gasteiger charge is 2.21. The average molecular weight is 211 g/mol. The maximum absolute atomic E-state index is 11.6. The molecule has 1 heterocycles. The Hall–Kier alpha value is -1.36. The van der Waals surface area contributed by atoms with Gasteiger partial charge >= 0.3 is 0 Å². The quantitative estimate of drug-likeness (QED) is 0.619. The predicted molar refractivity (Wildman–Crippen MR) is 57.0 cm³/mol. The second-order valence-corrected chi connectivity index (χ2v) is 3.51. The van der Waals surface area contributed by atoms with Gasteiger partial charge in [-0.25, -0.2) is 0 Å². The van der Waals surface area contributed by atoms with E-state index in [4.69, 9.17) is 5.73 Å². The van der Waals surface area contributed by atoms with Crippen LogP contribution in [-0.2, 0) is 9.59 Å². The van der Waals surface area contributed by atoms with Gasteiger partial charge in [0.05, 0.1) is 6.54 Å². The molecular weight excluding hydrogens is 194 g/mol. The fourth-order valence-electron chi connectivity index (χ4n) is 1.52. The number of carbonyl (C=O) groups is 2. The van der Waals surface area contributed by atoms with Crippen molar-refractivity contribution in [1.29, 1.82) is 0 Å². The van der Waals surface area contributed by atoms with Crippen LogP contribution in [0.1, 0.15) is 6.92 Å². The number of likely N-dealkylation sites (N-methyl/N-ethyl adjacent to an activating group) is 1. The number of nitrogens with zero attached hydrogens (tertiary/aromatic N) is 2. The van der Waals surface area contributed by atoms with E-state index in [1.807, 2.05) is 6.92 Å². The van der Waals surface area contributed by atoms with Crippen LogP contribution in [0.4, 0.5) is 0 Å². The summed E-state index contributed by atoms with van der Waals surface area (Å²) in [5.41, 5.74) is 4.95. The number of nitrogens with two attached hydrogens (primary N) is 1. The summed E-state index contributed by atoms with van der Waals surface area (Å²) in [5.74, 6) is -0.369. The number of amides is 2. The first-order valence-electron chi connectivity index (χ1n) is 5.09. The van der Waals surface area contributed by atoms with E-state index in [9.17, 15) is 9.59 Å². The molecule has 0 aliphatic carbocycles. The summed E-state index contributed by atoms with van der Waals surface area (Å²) in [6.45, 7) is 5.50. The number of hydrogen-bond acceptors (Lipinski definition) is 3. The first-order chi connectivity index (χ1) is 7.13. The molecule has 0 aromatic carbocycles. The van der Waals surface area contributed by atoms with Gasteiger partial charge in [-0.05, 0) is 6.54 Å². The number of piperazine rings is 1. The topological polar surface area (TPSA) is 66.6 Å². The summed E-state index contributed by atoms with van der Waals surface area (Å²) in [6, 6.07) is 0. The highest BCUT2D eigenvalue weighted by atomic mass is 16.2. The first kappa shape index (κ1) is 11.7. The summed E-state index contributed by atoms with van der Waals surface area (Å²) in [6.07, 6.45) is 2.92. The summed E-state index contributed by atoms with van der Waals surface area (Å²) >= 11 is 0. The molecule has 0 atom stereocenters. The van der Waals surface area contributed by atoms with Gasteiger partial charge < -0.3 is 10.6 Å². The number of carbonyl (C=O) groups excluding carboxylic acids is 2. The Morgan fingerprint density at radius 3 is 2.80 bits per heavy atom. The standard InChI is InChI=1S/C10H17N3O2/c1-2-12-6-7-13(10(15)8-12)5-3-4-9(11)14/h3-4H,2,5-8H2,1H3,(H2,11,14)/b4-3+. The van der Waals surface area contributed by atoms with Crippen molar-refractivity contribution in [3.8, 4) is 0 Å². The Morgan fingerprint density at radius 2 is 2.27 bits per heavy atom. The lowest BCUT2D eigenvalue weighted by Crippen LogP contribution is -2.50. The van der Waals surface area contributed by atoms with Crippen molar-refractivity contribution in [3.63, 3.8) is 0 Å². The van der Waals surface area contributed by atoms with Crippen molar-refractivity contribution >= 4 is 11.8 Å². The van der Waals surface area contributed by atoms with Crippen LogP contribution in [-0.4, -0.2) is 54.3 Å². The first-order valence-corrected chi connectivity index (χ1v) is 5.09. The monoisotopic (exact) mass is 211 g/mol. The van der Waals surface area contributed by atoms with Crippen molar-refractivity contribution in [3.05, 3.63) is 12.2 Å². The molecule has 1 rings (SSSR count). The van der Waals surface area contributed by atoms with Crippen molar-refractivity contribution in [1.82, 2.24) is 9.80 Å². The van der Waals surface area contributed by atoms with Crippen LogP contribution in [0.3, 0.4) is 0 Å². The Kier molecular flexibility index (Phi) is 4.30. The van der Waals surface area contributed by atoms with Gasteiger partial charge in [0.25, 0.3) is 0 Å². The molecule has 0 saturated carbocycles. The lowest BCUT2D eigenvalue weighted by molar-refractivity contribution is -0.135. The molecule has 0 spiro atoms. The third kappa shape index (κ3) is 3.71. The van der Waals surface area contributed by atoms with Gasteiger partial charge in [0.2, 0.25) is 11.8 Å². The largest absolute Gasteiger partial charge is 0.366 e. The fraction of sp³-hybridized carbons (Fsp3) is 0.600. The number of rotatable bonds is 4. The molecule has 5 nitrogen and oxygen atoms in total. The van der Waals surface area contributed by atoms with Gasteiger partial charge in [-0.2, -0.15) is 0 Å². The minimum Gasteiger partial charge on any atom is -0.366 e. The molecule has 1 saturated heterocycles. The molecule has 1 aliphatic heterocycles. The van der Waals surface area contributed by atoms with Crippen LogP contribution in [0.5, 0.6) is 0 Å². The van der Waals surface area contributed by atoms with Crippen LogP contribution >= 0.6 is 0 Å². The molecule has 2 N–H and O–H groups in total. The van der Waals surface area contributed by atoms with Crippen molar-refractivity contribution in [2.24, 2.45) is 5.73 Å². The molecule has 84 valence electrons. The molecule has 0 radical (unpaired) electrons. The highest BCUT2D eigenvalue weighted by molar-refractivity contribution is 5.86. The van der Waals surface area contributed by atoms with E-state index < -0.39 is 5.91 Å². The molecule has 5 heteroatoms. The fourth-order valence-corrected chi connectivity index (χ4v) is 1.52. The van der Waals surface area contributed by atoms with E-state index in [-0.39, 0.29) is 5.91 Å².